The van der Waals surface area contributed by atoms with E-state index in [9.17, 15) is 9.59 Å². The lowest BCUT2D eigenvalue weighted by Crippen LogP contribution is -2.47. The first-order valence-electron chi connectivity index (χ1n) is 16.7. The Morgan fingerprint density at radius 3 is 2.12 bits per heavy atom. The van der Waals surface area contributed by atoms with E-state index in [0.717, 1.165) is 61.4 Å². The van der Waals surface area contributed by atoms with Gasteiger partial charge < -0.3 is 19.1 Å². The number of nitrogens with zero attached hydrogens (tertiary/aromatic N) is 3. The standard InChI is InChI=1S/C40H43N3O5/c1-46-36-21-19-33(29-38(36)47-30-34-17-15-32(16-18-34)14-13-31-9-4-2-5-10-31)20-22-37-39(44)43(40(45)48-37)24-8-23-41-25-27-42(28-26-41)35-11-6-3-7-12-35/h2-7,9-19,21,29,37H,8,20,22-28,30H2,1H3/b14-13+. The molecule has 48 heavy (non-hydrogen) atoms. The Balaban J connectivity index is 0.949. The second-order valence-corrected chi connectivity index (χ2v) is 12.2. The second kappa shape index (κ2) is 16.2. The van der Waals surface area contributed by atoms with Crippen molar-refractivity contribution in [2.45, 2.75) is 32.0 Å². The normalized spacial score (nSPS) is 16.8. The molecular formula is C40H43N3O5. The molecule has 0 aromatic heterocycles. The molecule has 2 aliphatic rings. The molecule has 0 bridgehead atoms. The van der Waals surface area contributed by atoms with Crippen molar-refractivity contribution in [1.29, 1.82) is 0 Å². The average Bonchev–Trinajstić information content (AvgIpc) is 3.41. The third kappa shape index (κ3) is 8.63. The number of rotatable bonds is 14. The third-order valence-corrected chi connectivity index (χ3v) is 8.92. The van der Waals surface area contributed by atoms with Crippen LogP contribution in [0.1, 0.15) is 35.1 Å². The number of hydrogen-bond acceptors (Lipinski definition) is 7. The molecule has 0 N–H and O–H groups in total. The fourth-order valence-electron chi connectivity index (χ4n) is 6.13. The molecule has 4 aromatic rings. The van der Waals surface area contributed by atoms with Gasteiger partial charge in [-0.15, -0.1) is 0 Å². The maximum atomic E-state index is 13.1. The molecule has 1 unspecified atom stereocenters. The number of amides is 2. The molecule has 8 nitrogen and oxygen atoms in total. The highest BCUT2D eigenvalue weighted by Crippen LogP contribution is 2.30. The van der Waals surface area contributed by atoms with Crippen LogP contribution in [-0.4, -0.2) is 74.3 Å². The van der Waals surface area contributed by atoms with Crippen molar-refractivity contribution in [2.24, 2.45) is 0 Å². The molecule has 2 saturated heterocycles. The van der Waals surface area contributed by atoms with Crippen LogP contribution in [0.4, 0.5) is 10.5 Å². The number of aryl methyl sites for hydroxylation is 1. The van der Waals surface area contributed by atoms with Gasteiger partial charge in [-0.3, -0.25) is 9.69 Å². The lowest BCUT2D eigenvalue weighted by molar-refractivity contribution is -0.129. The van der Waals surface area contributed by atoms with Crippen molar-refractivity contribution >= 4 is 29.8 Å². The van der Waals surface area contributed by atoms with Crippen LogP contribution in [-0.2, 0) is 22.6 Å². The number of anilines is 1. The van der Waals surface area contributed by atoms with E-state index < -0.39 is 12.2 Å². The Hall–Kier alpha value is -5.08. The summed E-state index contributed by atoms with van der Waals surface area (Å²) >= 11 is 0. The Morgan fingerprint density at radius 1 is 0.750 bits per heavy atom. The Kier molecular flexibility index (Phi) is 11.1. The fourth-order valence-corrected chi connectivity index (χ4v) is 6.13. The molecule has 2 heterocycles. The van der Waals surface area contributed by atoms with Gasteiger partial charge in [0.25, 0.3) is 5.91 Å². The van der Waals surface area contributed by atoms with Gasteiger partial charge >= 0.3 is 6.09 Å². The first-order valence-corrected chi connectivity index (χ1v) is 16.7. The van der Waals surface area contributed by atoms with Gasteiger partial charge in [0.05, 0.1) is 7.11 Å². The predicted octanol–water partition coefficient (Wildman–Crippen LogP) is 6.94. The third-order valence-electron chi connectivity index (χ3n) is 8.92. The highest BCUT2D eigenvalue weighted by Gasteiger charge is 2.39. The van der Waals surface area contributed by atoms with Gasteiger partial charge in [-0.25, -0.2) is 9.69 Å². The van der Waals surface area contributed by atoms with Crippen LogP contribution in [0.3, 0.4) is 0 Å². The van der Waals surface area contributed by atoms with Crippen LogP contribution < -0.4 is 14.4 Å². The van der Waals surface area contributed by atoms with Gasteiger partial charge in [0.1, 0.15) is 6.61 Å². The summed E-state index contributed by atoms with van der Waals surface area (Å²) in [5, 5.41) is 0. The number of ether oxygens (including phenoxy) is 3. The molecule has 248 valence electrons. The van der Waals surface area contributed by atoms with Crippen LogP contribution in [0.25, 0.3) is 12.2 Å². The number of imide groups is 1. The maximum absolute atomic E-state index is 13.1. The summed E-state index contributed by atoms with van der Waals surface area (Å²) in [7, 11) is 1.62. The Morgan fingerprint density at radius 2 is 1.42 bits per heavy atom. The van der Waals surface area contributed by atoms with Crippen molar-refractivity contribution in [2.75, 3.05) is 51.3 Å². The van der Waals surface area contributed by atoms with E-state index >= 15 is 0 Å². The Bertz CT molecular complexity index is 1670. The second-order valence-electron chi connectivity index (χ2n) is 12.2. The number of hydrogen-bond donors (Lipinski definition) is 0. The van der Waals surface area contributed by atoms with E-state index in [-0.39, 0.29) is 5.91 Å². The quantitative estimate of drug-likeness (QED) is 0.138. The van der Waals surface area contributed by atoms with Gasteiger partial charge in [-0.2, -0.15) is 0 Å². The van der Waals surface area contributed by atoms with E-state index in [1.54, 1.807) is 7.11 Å². The van der Waals surface area contributed by atoms with E-state index in [2.05, 4.69) is 82.6 Å². The minimum absolute atomic E-state index is 0.249. The first kappa shape index (κ1) is 32.8. The number of benzene rings is 4. The minimum Gasteiger partial charge on any atom is -0.493 e. The monoisotopic (exact) mass is 645 g/mol. The molecule has 2 aliphatic heterocycles. The topological polar surface area (TPSA) is 71.6 Å². The zero-order valence-corrected chi connectivity index (χ0v) is 27.5. The molecule has 2 amide bonds. The zero-order chi connectivity index (χ0) is 33.1. The van der Waals surface area contributed by atoms with Gasteiger partial charge in [-0.05, 0) is 72.3 Å². The molecule has 1 atom stereocenters. The predicted molar refractivity (Wildman–Crippen MR) is 189 cm³/mol. The molecule has 0 spiro atoms. The molecule has 4 aromatic carbocycles. The molecule has 2 fully saturated rings. The summed E-state index contributed by atoms with van der Waals surface area (Å²) < 4.78 is 17.2. The number of piperazine rings is 1. The van der Waals surface area contributed by atoms with Crippen molar-refractivity contribution in [3.8, 4) is 11.5 Å². The summed E-state index contributed by atoms with van der Waals surface area (Å²) in [6, 6.07) is 34.7. The highest BCUT2D eigenvalue weighted by molar-refractivity contribution is 6.00. The average molecular weight is 646 g/mol. The number of carbonyl (C=O) groups is 2. The highest BCUT2D eigenvalue weighted by atomic mass is 16.6. The summed E-state index contributed by atoms with van der Waals surface area (Å²) in [6.45, 7) is 5.46. The summed E-state index contributed by atoms with van der Waals surface area (Å²) in [5.41, 5.74) is 5.53. The van der Waals surface area contributed by atoms with Gasteiger partial charge in [0, 0.05) is 38.4 Å². The number of cyclic esters (lactones) is 1. The number of para-hydroxylation sites is 1. The SMILES string of the molecule is COc1ccc(CCC2OC(=O)N(CCCN3CCN(c4ccccc4)CC3)C2=O)cc1OCc1ccc(/C=C/c2ccccc2)cc1. The number of methoxy groups -OCH3 is 1. The summed E-state index contributed by atoms with van der Waals surface area (Å²) in [5.74, 6) is 1.02. The van der Waals surface area contributed by atoms with E-state index in [0.29, 0.717) is 37.5 Å². The van der Waals surface area contributed by atoms with Crippen LogP contribution in [0.15, 0.2) is 103 Å². The minimum atomic E-state index is -0.771. The van der Waals surface area contributed by atoms with E-state index in [1.165, 1.54) is 10.6 Å². The zero-order valence-electron chi connectivity index (χ0n) is 27.5. The lowest BCUT2D eigenvalue weighted by atomic mass is 10.1. The van der Waals surface area contributed by atoms with Crippen molar-refractivity contribution in [3.05, 3.63) is 125 Å². The largest absolute Gasteiger partial charge is 0.493 e. The van der Waals surface area contributed by atoms with E-state index in [4.69, 9.17) is 14.2 Å². The van der Waals surface area contributed by atoms with E-state index in [1.807, 2.05) is 42.5 Å². The van der Waals surface area contributed by atoms with Crippen molar-refractivity contribution in [1.82, 2.24) is 9.80 Å². The molecular weight excluding hydrogens is 602 g/mol. The van der Waals surface area contributed by atoms with Gasteiger partial charge in [-0.1, -0.05) is 91.0 Å². The molecule has 8 heteroatoms. The van der Waals surface area contributed by atoms with Crippen molar-refractivity contribution < 1.29 is 23.8 Å². The van der Waals surface area contributed by atoms with Crippen LogP contribution in [0, 0.1) is 0 Å². The molecule has 0 saturated carbocycles. The summed E-state index contributed by atoms with van der Waals surface area (Å²) in [4.78, 5) is 31.7. The smallest absolute Gasteiger partial charge is 0.417 e. The van der Waals surface area contributed by atoms with Crippen LogP contribution in [0.2, 0.25) is 0 Å². The maximum Gasteiger partial charge on any atom is 0.417 e. The Labute approximate surface area is 283 Å². The number of carbonyl (C=O) groups excluding carboxylic acids is 2. The first-order chi connectivity index (χ1) is 23.6. The molecule has 0 aliphatic carbocycles. The van der Waals surface area contributed by atoms with Gasteiger partial charge in [0.15, 0.2) is 17.6 Å². The molecule has 0 radical (unpaired) electrons. The summed E-state index contributed by atoms with van der Waals surface area (Å²) in [6.07, 6.45) is 4.57. The molecule has 6 rings (SSSR count). The van der Waals surface area contributed by atoms with Crippen molar-refractivity contribution in [3.63, 3.8) is 0 Å². The fraction of sp³-hybridized carbons (Fsp3) is 0.300. The van der Waals surface area contributed by atoms with Crippen LogP contribution in [0.5, 0.6) is 11.5 Å². The van der Waals surface area contributed by atoms with Crippen LogP contribution >= 0.6 is 0 Å². The van der Waals surface area contributed by atoms with Gasteiger partial charge in [0.2, 0.25) is 0 Å². The lowest BCUT2D eigenvalue weighted by Gasteiger charge is -2.36.